The van der Waals surface area contributed by atoms with Gasteiger partial charge in [-0.05, 0) is 30.0 Å². The molecule has 2 unspecified atom stereocenters. The van der Waals surface area contributed by atoms with Gasteiger partial charge >= 0.3 is 5.97 Å². The monoisotopic (exact) mass is 344 g/mol. The van der Waals surface area contributed by atoms with E-state index < -0.39 is 11.9 Å². The van der Waals surface area contributed by atoms with E-state index in [1.54, 1.807) is 9.80 Å². The molecule has 2 amide bonds. The molecule has 0 bridgehead atoms. The third kappa shape index (κ3) is 3.52. The first-order valence-corrected chi connectivity index (χ1v) is 8.78. The van der Waals surface area contributed by atoms with E-state index in [-0.39, 0.29) is 30.8 Å². The Morgan fingerprint density at radius 1 is 1.16 bits per heavy atom. The third-order valence-corrected chi connectivity index (χ3v) is 5.22. The quantitative estimate of drug-likeness (QED) is 0.906. The van der Waals surface area contributed by atoms with Gasteiger partial charge in [0.1, 0.15) is 0 Å². The summed E-state index contributed by atoms with van der Waals surface area (Å²) in [4.78, 5) is 39.3. The molecule has 2 aliphatic rings. The van der Waals surface area contributed by atoms with Crippen molar-refractivity contribution < 1.29 is 19.5 Å². The number of hydrogen-bond acceptors (Lipinski definition) is 3. The van der Waals surface area contributed by atoms with Gasteiger partial charge in [0.15, 0.2) is 0 Å². The normalized spacial score (nSPS) is 23.6. The van der Waals surface area contributed by atoms with Gasteiger partial charge in [-0.1, -0.05) is 26.0 Å². The summed E-state index contributed by atoms with van der Waals surface area (Å²) in [7, 11) is 0. The van der Waals surface area contributed by atoms with Crippen LogP contribution >= 0.6 is 0 Å². The van der Waals surface area contributed by atoms with Crippen molar-refractivity contribution in [2.45, 2.75) is 38.6 Å². The zero-order valence-electron chi connectivity index (χ0n) is 14.6. The summed E-state index contributed by atoms with van der Waals surface area (Å²) >= 11 is 0. The molecule has 1 aromatic carbocycles. The van der Waals surface area contributed by atoms with E-state index in [4.69, 9.17) is 5.11 Å². The number of aliphatic carboxylic acids is 1. The van der Waals surface area contributed by atoms with Crippen molar-refractivity contribution in [1.82, 2.24) is 9.80 Å². The van der Waals surface area contributed by atoms with Crippen molar-refractivity contribution in [3.05, 3.63) is 35.4 Å². The maximum absolute atomic E-state index is 12.7. The highest BCUT2D eigenvalue weighted by molar-refractivity contribution is 5.94. The summed E-state index contributed by atoms with van der Waals surface area (Å²) in [5.74, 6) is -1.27. The van der Waals surface area contributed by atoms with E-state index in [0.29, 0.717) is 31.0 Å². The van der Waals surface area contributed by atoms with Crippen LogP contribution in [0.2, 0.25) is 0 Å². The molecule has 2 saturated heterocycles. The molecule has 6 nitrogen and oxygen atoms in total. The van der Waals surface area contributed by atoms with Gasteiger partial charge in [0.25, 0.3) is 5.91 Å². The Balaban J connectivity index is 1.63. The lowest BCUT2D eigenvalue weighted by atomic mass is 10.0. The van der Waals surface area contributed by atoms with Gasteiger partial charge in [-0.25, -0.2) is 0 Å². The van der Waals surface area contributed by atoms with Crippen LogP contribution in [-0.4, -0.2) is 58.4 Å². The maximum atomic E-state index is 12.7. The van der Waals surface area contributed by atoms with Crippen LogP contribution < -0.4 is 0 Å². The molecule has 0 spiro atoms. The summed E-state index contributed by atoms with van der Waals surface area (Å²) < 4.78 is 0. The minimum atomic E-state index is -0.924. The molecule has 2 aliphatic heterocycles. The number of carbonyl (C=O) groups is 3. The molecule has 134 valence electrons. The minimum absolute atomic E-state index is 0.0285. The number of carboxylic acid groups (broad SMARTS) is 1. The summed E-state index contributed by atoms with van der Waals surface area (Å²) in [6.07, 6.45) is 0.768. The second-order valence-corrected chi connectivity index (χ2v) is 7.26. The van der Waals surface area contributed by atoms with E-state index in [1.807, 2.05) is 24.3 Å². The molecule has 1 aromatic rings. The van der Waals surface area contributed by atoms with Crippen molar-refractivity contribution >= 4 is 17.8 Å². The van der Waals surface area contributed by atoms with Gasteiger partial charge in [0.05, 0.1) is 12.0 Å². The van der Waals surface area contributed by atoms with Gasteiger partial charge in [0.2, 0.25) is 5.91 Å². The number of rotatable bonds is 4. The second-order valence-electron chi connectivity index (χ2n) is 7.26. The smallest absolute Gasteiger partial charge is 0.308 e. The van der Waals surface area contributed by atoms with Gasteiger partial charge in [-0.3, -0.25) is 14.4 Å². The zero-order valence-corrected chi connectivity index (χ0v) is 14.6. The molecule has 0 saturated carbocycles. The molecule has 3 rings (SSSR count). The van der Waals surface area contributed by atoms with Crippen LogP contribution in [0.3, 0.4) is 0 Å². The molecule has 25 heavy (non-hydrogen) atoms. The molecular weight excluding hydrogens is 320 g/mol. The van der Waals surface area contributed by atoms with Crippen LogP contribution in [0.1, 0.15) is 48.5 Å². The number of nitrogens with zero attached hydrogens (tertiary/aromatic N) is 2. The van der Waals surface area contributed by atoms with E-state index in [0.717, 1.165) is 0 Å². The SMILES string of the molecule is CC(C)c1ccc(C(=O)N2CCC(N3CC(C(=O)O)CC3=O)C2)cc1. The predicted molar refractivity (Wildman–Crippen MR) is 92.3 cm³/mol. The van der Waals surface area contributed by atoms with Crippen LogP contribution in [0.25, 0.3) is 0 Å². The molecule has 2 fully saturated rings. The molecule has 1 N–H and O–H groups in total. The topological polar surface area (TPSA) is 77.9 Å². The Morgan fingerprint density at radius 2 is 1.84 bits per heavy atom. The lowest BCUT2D eigenvalue weighted by Gasteiger charge is -2.24. The number of benzene rings is 1. The number of carboxylic acids is 1. The Bertz CT molecular complexity index is 683. The van der Waals surface area contributed by atoms with E-state index in [1.165, 1.54) is 5.56 Å². The third-order valence-electron chi connectivity index (χ3n) is 5.22. The summed E-state index contributed by atoms with van der Waals surface area (Å²) in [6, 6.07) is 7.59. The van der Waals surface area contributed by atoms with Crippen LogP contribution in [0, 0.1) is 5.92 Å². The van der Waals surface area contributed by atoms with Crippen molar-refractivity contribution in [1.29, 1.82) is 0 Å². The second kappa shape index (κ2) is 6.86. The fraction of sp³-hybridized carbons (Fsp3) is 0.526. The van der Waals surface area contributed by atoms with Crippen molar-refractivity contribution in [3.8, 4) is 0 Å². The minimum Gasteiger partial charge on any atom is -0.481 e. The fourth-order valence-electron chi connectivity index (χ4n) is 3.62. The lowest BCUT2D eigenvalue weighted by Crippen LogP contribution is -2.40. The molecule has 6 heteroatoms. The molecule has 0 radical (unpaired) electrons. The Hall–Kier alpha value is -2.37. The van der Waals surface area contributed by atoms with Crippen molar-refractivity contribution in [2.75, 3.05) is 19.6 Å². The summed E-state index contributed by atoms with van der Waals surface area (Å²) in [6.45, 7) is 5.54. The highest BCUT2D eigenvalue weighted by atomic mass is 16.4. The summed E-state index contributed by atoms with van der Waals surface area (Å²) in [5, 5.41) is 9.10. The Kier molecular flexibility index (Phi) is 4.79. The van der Waals surface area contributed by atoms with Crippen LogP contribution in [0.15, 0.2) is 24.3 Å². The number of amides is 2. The highest BCUT2D eigenvalue weighted by Crippen LogP contribution is 2.26. The van der Waals surface area contributed by atoms with Crippen LogP contribution in [0.5, 0.6) is 0 Å². The van der Waals surface area contributed by atoms with Crippen LogP contribution in [-0.2, 0) is 9.59 Å². The fourth-order valence-corrected chi connectivity index (χ4v) is 3.62. The van der Waals surface area contributed by atoms with Gasteiger partial charge in [-0.15, -0.1) is 0 Å². The Morgan fingerprint density at radius 3 is 2.40 bits per heavy atom. The molecule has 2 heterocycles. The number of hydrogen-bond donors (Lipinski definition) is 1. The van der Waals surface area contributed by atoms with E-state index in [9.17, 15) is 14.4 Å². The van der Waals surface area contributed by atoms with E-state index in [2.05, 4.69) is 13.8 Å². The van der Waals surface area contributed by atoms with Gasteiger partial charge in [0, 0.05) is 31.6 Å². The predicted octanol–water partition coefficient (Wildman–Crippen LogP) is 1.96. The Labute approximate surface area is 147 Å². The van der Waals surface area contributed by atoms with Gasteiger partial charge in [-0.2, -0.15) is 0 Å². The largest absolute Gasteiger partial charge is 0.481 e. The molecule has 0 aromatic heterocycles. The number of likely N-dealkylation sites (tertiary alicyclic amines) is 2. The lowest BCUT2D eigenvalue weighted by molar-refractivity contribution is -0.141. The van der Waals surface area contributed by atoms with E-state index >= 15 is 0 Å². The van der Waals surface area contributed by atoms with Crippen LogP contribution in [0.4, 0.5) is 0 Å². The first-order chi connectivity index (χ1) is 11.9. The average Bonchev–Trinajstić information content (AvgIpc) is 3.20. The highest BCUT2D eigenvalue weighted by Gasteiger charge is 2.40. The number of carbonyl (C=O) groups excluding carboxylic acids is 2. The summed E-state index contributed by atoms with van der Waals surface area (Å²) in [5.41, 5.74) is 1.85. The first-order valence-electron chi connectivity index (χ1n) is 8.78. The zero-order chi connectivity index (χ0) is 18.1. The van der Waals surface area contributed by atoms with Crippen molar-refractivity contribution in [3.63, 3.8) is 0 Å². The standard InChI is InChI=1S/C19H24N2O4/c1-12(2)13-3-5-14(6-4-13)18(23)20-8-7-16(11-20)21-10-15(19(24)25)9-17(21)22/h3-6,12,15-16H,7-11H2,1-2H3,(H,24,25). The molecule has 0 aliphatic carbocycles. The molecular formula is C19H24N2O4. The first kappa shape index (κ1) is 17.5. The van der Waals surface area contributed by atoms with Crippen molar-refractivity contribution in [2.24, 2.45) is 5.92 Å². The molecule has 2 atom stereocenters. The maximum Gasteiger partial charge on any atom is 0.308 e. The van der Waals surface area contributed by atoms with Gasteiger partial charge < -0.3 is 14.9 Å². The average molecular weight is 344 g/mol.